The first-order chi connectivity index (χ1) is 14.4. The molecule has 0 bridgehead atoms. The highest BCUT2D eigenvalue weighted by Crippen LogP contribution is 2.46. The minimum atomic E-state index is -0.124. The lowest BCUT2D eigenvalue weighted by Crippen LogP contribution is -2.54. The number of fused-ring (bicyclic) bond motifs is 1. The molecule has 7 heteroatoms. The largest absolute Gasteiger partial charge is 0.493 e. The molecule has 2 aromatic carbocycles. The number of urea groups is 1. The molecule has 4 rings (SSSR count). The number of rotatable bonds is 4. The van der Waals surface area contributed by atoms with Crippen molar-refractivity contribution in [2.24, 2.45) is 5.92 Å². The first kappa shape index (κ1) is 21.0. The number of carbonyl (C=O) groups excluding carboxylic acids is 1. The van der Waals surface area contributed by atoms with Crippen molar-refractivity contribution in [3.63, 3.8) is 0 Å². The van der Waals surface area contributed by atoms with Gasteiger partial charge in [0, 0.05) is 41.8 Å². The first-order valence-corrected chi connectivity index (χ1v) is 11.0. The molecule has 30 heavy (non-hydrogen) atoms. The zero-order valence-corrected chi connectivity index (χ0v) is 19.2. The maximum absolute atomic E-state index is 13.1. The predicted molar refractivity (Wildman–Crippen MR) is 122 cm³/mol. The third-order valence-electron chi connectivity index (χ3n) is 6.41. The van der Waals surface area contributed by atoms with Crippen LogP contribution in [-0.4, -0.2) is 63.3 Å². The molecular weight excluding hydrogens is 446 g/mol. The Kier molecular flexibility index (Phi) is 5.93. The molecule has 0 aromatic heterocycles. The summed E-state index contributed by atoms with van der Waals surface area (Å²) in [6, 6.07) is 13.8. The Morgan fingerprint density at radius 3 is 2.67 bits per heavy atom. The number of amides is 2. The van der Waals surface area contributed by atoms with Crippen LogP contribution in [0.4, 0.5) is 10.5 Å². The lowest BCUT2D eigenvalue weighted by Gasteiger charge is -2.44. The molecule has 2 aliphatic heterocycles. The summed E-state index contributed by atoms with van der Waals surface area (Å²) in [5.74, 6) is 1.95. The number of nitrogens with one attached hydrogen (secondary N) is 1. The fourth-order valence-corrected chi connectivity index (χ4v) is 5.41. The van der Waals surface area contributed by atoms with Crippen molar-refractivity contribution in [3.05, 3.63) is 52.5 Å². The Bertz CT molecular complexity index is 938. The Hall–Kier alpha value is -2.25. The molecule has 0 spiro atoms. The molecule has 0 radical (unpaired) electrons. The number of hydrogen-bond donors (Lipinski definition) is 1. The predicted octanol–water partition coefficient (Wildman–Crippen LogP) is 4.20. The van der Waals surface area contributed by atoms with E-state index in [1.807, 2.05) is 35.2 Å². The minimum absolute atomic E-state index is 0.0547. The molecule has 2 amide bonds. The molecule has 0 unspecified atom stereocenters. The molecule has 1 N–H and O–H groups in total. The Labute approximate surface area is 186 Å². The maximum Gasteiger partial charge on any atom is 0.321 e. The zero-order valence-electron chi connectivity index (χ0n) is 17.7. The fraction of sp³-hybridized carbons (Fsp3) is 0.435. The van der Waals surface area contributed by atoms with Crippen LogP contribution >= 0.6 is 15.9 Å². The van der Waals surface area contributed by atoms with E-state index in [9.17, 15) is 4.79 Å². The molecule has 2 aliphatic rings. The highest BCUT2D eigenvalue weighted by atomic mass is 79.9. The van der Waals surface area contributed by atoms with E-state index in [1.165, 1.54) is 5.56 Å². The van der Waals surface area contributed by atoms with Crippen molar-refractivity contribution >= 4 is 27.6 Å². The van der Waals surface area contributed by atoms with E-state index in [1.54, 1.807) is 14.2 Å². The van der Waals surface area contributed by atoms with Gasteiger partial charge in [0.05, 0.1) is 14.2 Å². The summed E-state index contributed by atoms with van der Waals surface area (Å²) in [5.41, 5.74) is 1.87. The van der Waals surface area contributed by atoms with Gasteiger partial charge in [0.1, 0.15) is 0 Å². The van der Waals surface area contributed by atoms with Crippen molar-refractivity contribution in [2.45, 2.75) is 11.8 Å². The normalized spacial score (nSPS) is 23.7. The standard InChI is InChI=1S/C23H28BrN3O3/c1-26-13-17-9-10-27(22(28)25-19-6-4-5-18(24)12-19)15-23(17,14-26)16-7-8-20(29-2)21(11-16)30-3/h4-8,11-12,17H,9-10,13-15H2,1-3H3,(H,25,28)/t17-,23-/m1/s1. The number of methoxy groups -OCH3 is 2. The molecule has 0 aliphatic carbocycles. The molecule has 2 fully saturated rings. The van der Waals surface area contributed by atoms with Crippen LogP contribution in [0.5, 0.6) is 11.5 Å². The minimum Gasteiger partial charge on any atom is -0.493 e. The third kappa shape index (κ3) is 3.88. The second-order valence-electron chi connectivity index (χ2n) is 8.27. The number of hydrogen-bond acceptors (Lipinski definition) is 4. The monoisotopic (exact) mass is 473 g/mol. The summed E-state index contributed by atoms with van der Waals surface area (Å²) in [7, 11) is 5.47. The number of carbonyl (C=O) groups is 1. The Morgan fingerprint density at radius 1 is 1.13 bits per heavy atom. The highest BCUT2D eigenvalue weighted by Gasteiger charge is 2.51. The highest BCUT2D eigenvalue weighted by molar-refractivity contribution is 9.10. The van der Waals surface area contributed by atoms with Gasteiger partial charge in [-0.1, -0.05) is 28.1 Å². The Balaban J connectivity index is 1.62. The molecule has 0 saturated carbocycles. The summed E-state index contributed by atoms with van der Waals surface area (Å²) >= 11 is 3.46. The van der Waals surface area contributed by atoms with Crippen LogP contribution in [-0.2, 0) is 5.41 Å². The van der Waals surface area contributed by atoms with Crippen molar-refractivity contribution in [1.29, 1.82) is 0 Å². The average Bonchev–Trinajstić information content (AvgIpc) is 3.09. The van der Waals surface area contributed by atoms with E-state index in [2.05, 4.69) is 45.3 Å². The van der Waals surface area contributed by atoms with Crippen molar-refractivity contribution in [3.8, 4) is 11.5 Å². The number of likely N-dealkylation sites (N-methyl/N-ethyl adjacent to an activating group) is 1. The second kappa shape index (κ2) is 8.47. The van der Waals surface area contributed by atoms with E-state index >= 15 is 0 Å². The number of anilines is 1. The van der Waals surface area contributed by atoms with Gasteiger partial charge in [0.25, 0.3) is 0 Å². The SMILES string of the molecule is COc1ccc([C@]23CN(C)C[C@H]2CCN(C(=O)Nc2cccc(Br)c2)C3)cc1OC. The van der Waals surface area contributed by atoms with Gasteiger partial charge >= 0.3 is 6.03 Å². The second-order valence-corrected chi connectivity index (χ2v) is 9.19. The van der Waals surface area contributed by atoms with Crippen molar-refractivity contribution in [2.75, 3.05) is 52.8 Å². The van der Waals surface area contributed by atoms with Crippen LogP contribution in [0.1, 0.15) is 12.0 Å². The van der Waals surface area contributed by atoms with Crippen LogP contribution < -0.4 is 14.8 Å². The molecule has 2 saturated heterocycles. The van der Waals surface area contributed by atoms with E-state index in [-0.39, 0.29) is 11.4 Å². The fourth-order valence-electron chi connectivity index (χ4n) is 5.01. The summed E-state index contributed by atoms with van der Waals surface area (Å²) in [6.45, 7) is 3.38. The van der Waals surface area contributed by atoms with Gasteiger partial charge in [-0.3, -0.25) is 0 Å². The van der Waals surface area contributed by atoms with Crippen LogP contribution in [0.25, 0.3) is 0 Å². The lowest BCUT2D eigenvalue weighted by molar-refractivity contribution is 0.138. The van der Waals surface area contributed by atoms with Crippen LogP contribution in [0, 0.1) is 5.92 Å². The third-order valence-corrected chi connectivity index (χ3v) is 6.90. The van der Waals surface area contributed by atoms with E-state index < -0.39 is 0 Å². The van der Waals surface area contributed by atoms with E-state index in [0.717, 1.165) is 47.7 Å². The summed E-state index contributed by atoms with van der Waals surface area (Å²) < 4.78 is 11.9. The zero-order chi connectivity index (χ0) is 21.3. The van der Waals surface area contributed by atoms with Gasteiger partial charge in [0.2, 0.25) is 0 Å². The van der Waals surface area contributed by atoms with Gasteiger partial charge in [0.15, 0.2) is 11.5 Å². The van der Waals surface area contributed by atoms with E-state index in [4.69, 9.17) is 9.47 Å². The summed E-state index contributed by atoms with van der Waals surface area (Å²) in [4.78, 5) is 17.4. The molecular formula is C23H28BrN3O3. The van der Waals surface area contributed by atoms with Gasteiger partial charge in [-0.25, -0.2) is 4.79 Å². The maximum atomic E-state index is 13.1. The molecule has 2 aromatic rings. The van der Waals surface area contributed by atoms with Gasteiger partial charge in [-0.15, -0.1) is 0 Å². The van der Waals surface area contributed by atoms with Gasteiger partial charge < -0.3 is 24.6 Å². The quantitative estimate of drug-likeness (QED) is 0.722. The van der Waals surface area contributed by atoms with Crippen LogP contribution in [0.3, 0.4) is 0 Å². The number of likely N-dealkylation sites (tertiary alicyclic amines) is 2. The van der Waals surface area contributed by atoms with Gasteiger partial charge in [-0.2, -0.15) is 0 Å². The van der Waals surface area contributed by atoms with E-state index in [0.29, 0.717) is 12.5 Å². The topological polar surface area (TPSA) is 54.0 Å². The van der Waals surface area contributed by atoms with Crippen molar-refractivity contribution < 1.29 is 14.3 Å². The summed E-state index contributed by atoms with van der Waals surface area (Å²) in [6.07, 6.45) is 0.977. The molecule has 2 atom stereocenters. The smallest absolute Gasteiger partial charge is 0.321 e. The summed E-state index contributed by atoms with van der Waals surface area (Å²) in [5, 5.41) is 3.05. The number of halogens is 1. The molecule has 2 heterocycles. The molecule has 6 nitrogen and oxygen atoms in total. The Morgan fingerprint density at radius 2 is 1.93 bits per heavy atom. The number of nitrogens with zero attached hydrogens (tertiary/aromatic N) is 2. The average molecular weight is 474 g/mol. The van der Waals surface area contributed by atoms with Crippen LogP contribution in [0.15, 0.2) is 46.9 Å². The first-order valence-electron chi connectivity index (χ1n) is 10.2. The molecule has 160 valence electrons. The van der Waals surface area contributed by atoms with Crippen molar-refractivity contribution in [1.82, 2.24) is 9.80 Å². The van der Waals surface area contributed by atoms with Crippen LogP contribution in [0.2, 0.25) is 0 Å². The number of piperidine rings is 1. The lowest BCUT2D eigenvalue weighted by atomic mass is 9.68. The number of benzene rings is 2. The van der Waals surface area contributed by atoms with Gasteiger partial charge in [-0.05, 0) is 55.3 Å². The number of ether oxygens (including phenoxy) is 2.